The Morgan fingerprint density at radius 1 is 1.36 bits per heavy atom. The number of nitro benzene ring substituents is 1. The number of ether oxygens (including phenoxy) is 3. The minimum Gasteiger partial charge on any atom is -0.452 e. The molecule has 1 aromatic rings. The van der Waals surface area contributed by atoms with Crippen molar-refractivity contribution in [1.29, 1.82) is 0 Å². The largest absolute Gasteiger partial charge is 0.452 e. The van der Waals surface area contributed by atoms with Gasteiger partial charge in [0.15, 0.2) is 17.2 Å². The smallest absolute Gasteiger partial charge is 0.297 e. The van der Waals surface area contributed by atoms with Crippen molar-refractivity contribution < 1.29 is 19.1 Å². The van der Waals surface area contributed by atoms with E-state index in [1.807, 2.05) is 0 Å². The van der Waals surface area contributed by atoms with Crippen molar-refractivity contribution in [3.63, 3.8) is 0 Å². The minimum absolute atomic E-state index is 0.0377. The molecular weight excluding hydrogens is 310 g/mol. The zero-order valence-electron chi connectivity index (χ0n) is 11.9. The van der Waals surface area contributed by atoms with E-state index in [2.05, 4.69) is 5.32 Å². The number of anilines is 1. The fraction of sp³-hybridized carbons (Fsp3) is 0.538. The zero-order valence-corrected chi connectivity index (χ0v) is 12.7. The molecule has 1 saturated heterocycles. The van der Waals surface area contributed by atoms with Gasteiger partial charge in [-0.15, -0.1) is 0 Å². The van der Waals surface area contributed by atoms with Gasteiger partial charge < -0.3 is 19.5 Å². The lowest BCUT2D eigenvalue weighted by molar-refractivity contribution is -0.384. The van der Waals surface area contributed by atoms with E-state index in [0.29, 0.717) is 34.5 Å². The average molecular weight is 327 g/mol. The lowest BCUT2D eigenvalue weighted by Gasteiger charge is -2.23. The second kappa shape index (κ2) is 6.59. The summed E-state index contributed by atoms with van der Waals surface area (Å²) in [4.78, 5) is 11.4. The van der Waals surface area contributed by atoms with Crippen molar-refractivity contribution in [3.05, 3.63) is 16.2 Å². The van der Waals surface area contributed by atoms with Crippen molar-refractivity contribution in [2.24, 2.45) is 11.1 Å². The summed E-state index contributed by atoms with van der Waals surface area (Å²) < 4.78 is 16.1. The Morgan fingerprint density at radius 2 is 2.09 bits per heavy atom. The summed E-state index contributed by atoms with van der Waals surface area (Å²) in [5.41, 5.74) is 0.311. The molecule has 0 aliphatic carbocycles. The van der Waals surface area contributed by atoms with Gasteiger partial charge in [0.05, 0.1) is 9.82 Å². The number of nitro groups is 1. The number of rotatable bonds is 5. The maximum absolute atomic E-state index is 11.3. The minimum atomic E-state index is -0.437. The van der Waals surface area contributed by atoms with Crippen LogP contribution in [0.25, 0.3) is 0 Å². The third-order valence-corrected chi connectivity index (χ3v) is 4.38. The second-order valence-electron chi connectivity index (χ2n) is 5.15. The molecule has 2 aliphatic heterocycles. The fourth-order valence-electron chi connectivity index (χ4n) is 2.62. The van der Waals surface area contributed by atoms with Gasteiger partial charge >= 0.3 is 0 Å². The first-order valence-electron chi connectivity index (χ1n) is 7.00. The molecule has 0 spiro atoms. The first-order valence-corrected chi connectivity index (χ1v) is 7.88. The van der Waals surface area contributed by atoms with Crippen molar-refractivity contribution in [2.75, 3.05) is 31.9 Å². The van der Waals surface area contributed by atoms with E-state index < -0.39 is 4.92 Å². The molecule has 0 unspecified atom stereocenters. The topological polar surface area (TPSA) is 109 Å². The Bertz CT molecular complexity index is 577. The highest BCUT2D eigenvalue weighted by Crippen LogP contribution is 2.49. The van der Waals surface area contributed by atoms with Crippen LogP contribution in [0, 0.1) is 16.0 Å². The standard InChI is InChI=1S/C13H17N3O5S/c14-22-10-5-9(16(17)18)11(13-12(10)20-7-21-13)15-6-8-1-3-19-4-2-8/h5,8,15H,1-4,6-7,14H2. The molecule has 120 valence electrons. The van der Waals surface area contributed by atoms with Crippen LogP contribution in [-0.2, 0) is 4.74 Å². The summed E-state index contributed by atoms with van der Waals surface area (Å²) in [6, 6.07) is 1.42. The summed E-state index contributed by atoms with van der Waals surface area (Å²) >= 11 is 0.907. The summed E-state index contributed by atoms with van der Waals surface area (Å²) in [7, 11) is 0. The Morgan fingerprint density at radius 3 is 2.77 bits per heavy atom. The first-order chi connectivity index (χ1) is 10.7. The summed E-state index contributed by atoms with van der Waals surface area (Å²) in [5, 5.41) is 20.1. The van der Waals surface area contributed by atoms with E-state index in [-0.39, 0.29) is 12.5 Å². The maximum atomic E-state index is 11.3. The molecule has 0 radical (unpaired) electrons. The van der Waals surface area contributed by atoms with Crippen LogP contribution < -0.4 is 19.9 Å². The van der Waals surface area contributed by atoms with Crippen molar-refractivity contribution in [2.45, 2.75) is 17.7 Å². The molecule has 1 aromatic carbocycles. The number of hydrogen-bond donors (Lipinski definition) is 2. The fourth-order valence-corrected chi connectivity index (χ4v) is 3.06. The van der Waals surface area contributed by atoms with Gasteiger partial charge in [0.1, 0.15) is 0 Å². The highest BCUT2D eigenvalue weighted by molar-refractivity contribution is 7.97. The number of nitrogens with zero attached hydrogens (tertiary/aromatic N) is 1. The molecule has 2 heterocycles. The quantitative estimate of drug-likeness (QED) is 0.481. The SMILES string of the molecule is NSc1cc([N+](=O)[O-])c(NCC2CCOCC2)c2c1OCO2. The van der Waals surface area contributed by atoms with Gasteiger partial charge in [-0.05, 0) is 30.7 Å². The molecule has 3 N–H and O–H groups in total. The monoisotopic (exact) mass is 327 g/mol. The van der Waals surface area contributed by atoms with E-state index in [4.69, 9.17) is 19.3 Å². The number of nitrogens with two attached hydrogens (primary N) is 1. The van der Waals surface area contributed by atoms with Crippen LogP contribution in [0.1, 0.15) is 12.8 Å². The van der Waals surface area contributed by atoms with Gasteiger partial charge in [0.25, 0.3) is 5.69 Å². The van der Waals surface area contributed by atoms with Gasteiger partial charge in [0, 0.05) is 25.8 Å². The van der Waals surface area contributed by atoms with E-state index in [9.17, 15) is 10.1 Å². The molecule has 0 amide bonds. The summed E-state index contributed by atoms with van der Waals surface area (Å²) in [6.07, 6.45) is 1.88. The van der Waals surface area contributed by atoms with E-state index in [0.717, 1.165) is 38.0 Å². The first kappa shape index (κ1) is 15.2. The van der Waals surface area contributed by atoms with E-state index >= 15 is 0 Å². The normalized spacial score (nSPS) is 17.5. The van der Waals surface area contributed by atoms with Crippen LogP contribution in [0.4, 0.5) is 11.4 Å². The van der Waals surface area contributed by atoms with Gasteiger partial charge in [-0.25, -0.2) is 0 Å². The van der Waals surface area contributed by atoms with Gasteiger partial charge in [-0.3, -0.25) is 15.3 Å². The second-order valence-corrected chi connectivity index (χ2v) is 5.82. The van der Waals surface area contributed by atoms with Gasteiger partial charge in [0.2, 0.25) is 6.79 Å². The van der Waals surface area contributed by atoms with Gasteiger partial charge in [-0.2, -0.15) is 0 Å². The Hall–Kier alpha value is -1.71. The number of nitrogens with one attached hydrogen (secondary N) is 1. The van der Waals surface area contributed by atoms with E-state index in [1.165, 1.54) is 6.07 Å². The number of benzene rings is 1. The molecule has 9 heteroatoms. The Kier molecular flexibility index (Phi) is 4.55. The summed E-state index contributed by atoms with van der Waals surface area (Å²) in [6.45, 7) is 2.13. The molecule has 3 rings (SSSR count). The maximum Gasteiger partial charge on any atom is 0.297 e. The van der Waals surface area contributed by atoms with Crippen LogP contribution in [0.3, 0.4) is 0 Å². The molecular formula is C13H17N3O5S. The van der Waals surface area contributed by atoms with Crippen LogP contribution >= 0.6 is 11.9 Å². The molecule has 0 bridgehead atoms. The van der Waals surface area contributed by atoms with Crippen LogP contribution in [0.15, 0.2) is 11.0 Å². The van der Waals surface area contributed by atoms with Crippen LogP contribution in [0.2, 0.25) is 0 Å². The number of fused-ring (bicyclic) bond motifs is 1. The highest BCUT2D eigenvalue weighted by Gasteiger charge is 2.31. The molecule has 2 aliphatic rings. The predicted octanol–water partition coefficient (Wildman–Crippen LogP) is 2.13. The Labute approximate surface area is 131 Å². The number of hydrogen-bond acceptors (Lipinski definition) is 8. The molecule has 0 atom stereocenters. The third-order valence-electron chi connectivity index (χ3n) is 3.82. The lowest BCUT2D eigenvalue weighted by atomic mass is 10.0. The van der Waals surface area contributed by atoms with Crippen molar-refractivity contribution in [1.82, 2.24) is 0 Å². The van der Waals surface area contributed by atoms with Gasteiger partial charge in [-0.1, -0.05) is 0 Å². The third kappa shape index (κ3) is 2.92. The Balaban J connectivity index is 1.88. The molecule has 0 aromatic heterocycles. The van der Waals surface area contributed by atoms with Crippen molar-refractivity contribution >= 4 is 23.3 Å². The molecule has 22 heavy (non-hydrogen) atoms. The molecule has 1 fully saturated rings. The lowest BCUT2D eigenvalue weighted by Crippen LogP contribution is -2.23. The molecule has 8 nitrogen and oxygen atoms in total. The van der Waals surface area contributed by atoms with E-state index in [1.54, 1.807) is 0 Å². The van der Waals surface area contributed by atoms with Crippen LogP contribution in [0.5, 0.6) is 11.5 Å². The van der Waals surface area contributed by atoms with Crippen molar-refractivity contribution in [3.8, 4) is 11.5 Å². The molecule has 0 saturated carbocycles. The summed E-state index contributed by atoms with van der Waals surface area (Å²) in [5.74, 6) is 1.26. The predicted molar refractivity (Wildman–Crippen MR) is 81.3 cm³/mol. The zero-order chi connectivity index (χ0) is 15.5. The highest BCUT2D eigenvalue weighted by atomic mass is 32.2. The van der Waals surface area contributed by atoms with Crippen LogP contribution in [-0.4, -0.2) is 31.5 Å². The average Bonchev–Trinajstić information content (AvgIpc) is 3.02.